The summed E-state index contributed by atoms with van der Waals surface area (Å²) in [5.74, 6) is 2.91. The second-order valence-corrected chi connectivity index (χ2v) is 5.25. The van der Waals surface area contributed by atoms with Crippen molar-refractivity contribution in [2.75, 3.05) is 13.1 Å². The number of halogens is 1. The molecule has 4 nitrogen and oxygen atoms in total. The molecule has 6 heteroatoms. The molecule has 0 saturated heterocycles. The number of hydrogen-bond acceptors (Lipinski definition) is 4. The fourth-order valence-corrected chi connectivity index (χ4v) is 2.16. The van der Waals surface area contributed by atoms with Crippen molar-refractivity contribution in [1.29, 1.82) is 0 Å². The second-order valence-electron chi connectivity index (χ2n) is 3.69. The predicted molar refractivity (Wildman–Crippen MR) is 62.4 cm³/mol. The van der Waals surface area contributed by atoms with E-state index in [1.54, 1.807) is 4.90 Å². The van der Waals surface area contributed by atoms with E-state index in [9.17, 15) is 4.79 Å². The minimum absolute atomic E-state index is 0.172. The lowest BCUT2D eigenvalue weighted by molar-refractivity contribution is 0.0768. The first kappa shape index (κ1) is 11.4. The first-order chi connectivity index (χ1) is 7.70. The highest BCUT2D eigenvalue weighted by atomic mass is 35.5. The third kappa shape index (κ3) is 2.71. The zero-order chi connectivity index (χ0) is 11.5. The van der Waals surface area contributed by atoms with Gasteiger partial charge in [0.05, 0.1) is 6.54 Å². The lowest BCUT2D eigenvalue weighted by Gasteiger charge is -2.17. The van der Waals surface area contributed by atoms with Crippen LogP contribution in [0.2, 0.25) is 4.47 Å². The van der Waals surface area contributed by atoms with E-state index in [1.165, 1.54) is 12.8 Å². The third-order valence-electron chi connectivity index (χ3n) is 2.33. The van der Waals surface area contributed by atoms with E-state index in [1.807, 2.05) is 0 Å². The molecule has 1 heterocycles. The average molecular weight is 256 g/mol. The third-order valence-corrected chi connectivity index (χ3v) is 3.33. The summed E-state index contributed by atoms with van der Waals surface area (Å²) in [6.07, 6.45) is 7.59. The molecule has 1 saturated carbocycles. The number of terminal acetylenes is 1. The lowest BCUT2D eigenvalue weighted by Crippen LogP contribution is -2.33. The molecule has 1 fully saturated rings. The van der Waals surface area contributed by atoms with Crippen LogP contribution in [0.15, 0.2) is 0 Å². The minimum Gasteiger partial charge on any atom is -0.325 e. The fourth-order valence-electron chi connectivity index (χ4n) is 1.37. The van der Waals surface area contributed by atoms with Gasteiger partial charge in [0.15, 0.2) is 0 Å². The lowest BCUT2D eigenvalue weighted by atomic mass is 10.3. The van der Waals surface area contributed by atoms with E-state index in [2.05, 4.69) is 16.1 Å². The van der Waals surface area contributed by atoms with Crippen molar-refractivity contribution < 1.29 is 4.79 Å². The van der Waals surface area contributed by atoms with Gasteiger partial charge in [-0.2, -0.15) is 0 Å². The number of hydrogen-bond donors (Lipinski definition) is 0. The number of carbonyl (C=O) groups excluding carboxylic acids is 1. The monoisotopic (exact) mass is 255 g/mol. The minimum atomic E-state index is -0.172. The van der Waals surface area contributed by atoms with E-state index in [4.69, 9.17) is 18.0 Å². The number of carbonyl (C=O) groups is 1. The van der Waals surface area contributed by atoms with Crippen molar-refractivity contribution in [3.63, 3.8) is 0 Å². The highest BCUT2D eigenvalue weighted by molar-refractivity contribution is 7.17. The van der Waals surface area contributed by atoms with E-state index in [-0.39, 0.29) is 10.4 Å². The number of rotatable bonds is 4. The van der Waals surface area contributed by atoms with Crippen LogP contribution in [0.3, 0.4) is 0 Å². The highest BCUT2D eigenvalue weighted by Gasteiger charge is 2.28. The molecule has 0 bridgehead atoms. The molecule has 0 aliphatic heterocycles. The van der Waals surface area contributed by atoms with Crippen LogP contribution in [0.4, 0.5) is 0 Å². The molecule has 16 heavy (non-hydrogen) atoms. The van der Waals surface area contributed by atoms with Crippen molar-refractivity contribution in [1.82, 2.24) is 15.1 Å². The highest BCUT2D eigenvalue weighted by Crippen LogP contribution is 2.30. The Morgan fingerprint density at radius 1 is 1.62 bits per heavy atom. The van der Waals surface area contributed by atoms with Crippen LogP contribution in [0.5, 0.6) is 0 Å². The Morgan fingerprint density at radius 2 is 2.38 bits per heavy atom. The van der Waals surface area contributed by atoms with Crippen molar-refractivity contribution in [3.05, 3.63) is 9.47 Å². The zero-order valence-electron chi connectivity index (χ0n) is 8.52. The molecule has 1 aliphatic rings. The van der Waals surface area contributed by atoms with Gasteiger partial charge in [0, 0.05) is 6.54 Å². The molecule has 1 amide bonds. The maximum Gasteiger partial charge on any atom is 0.285 e. The van der Waals surface area contributed by atoms with Gasteiger partial charge in [-0.05, 0) is 30.4 Å². The largest absolute Gasteiger partial charge is 0.325 e. The van der Waals surface area contributed by atoms with Gasteiger partial charge < -0.3 is 4.90 Å². The summed E-state index contributed by atoms with van der Waals surface area (Å²) in [5.41, 5.74) is 0. The Labute approximate surface area is 103 Å². The number of amides is 1. The van der Waals surface area contributed by atoms with Gasteiger partial charge in [-0.15, -0.1) is 16.6 Å². The van der Waals surface area contributed by atoms with Crippen LogP contribution in [0.25, 0.3) is 0 Å². The molecule has 1 aromatic heterocycles. The summed E-state index contributed by atoms with van der Waals surface area (Å²) >= 11 is 6.72. The van der Waals surface area contributed by atoms with Crippen LogP contribution in [0.1, 0.15) is 22.6 Å². The molecule has 0 unspecified atom stereocenters. The van der Waals surface area contributed by atoms with Gasteiger partial charge in [-0.25, -0.2) is 0 Å². The fraction of sp³-hybridized carbons (Fsp3) is 0.500. The summed E-state index contributed by atoms with van der Waals surface area (Å²) in [6.45, 7) is 1.02. The second kappa shape index (κ2) is 4.81. The van der Waals surface area contributed by atoms with Crippen LogP contribution in [-0.2, 0) is 0 Å². The standard InChI is InChI=1S/C10H10ClN3OS/c1-2-5-14(6-7-3-4-7)9(15)8-12-13-10(11)16-8/h1,7H,3-6H2. The molecule has 0 aromatic carbocycles. The maximum atomic E-state index is 12.0. The summed E-state index contributed by atoms with van der Waals surface area (Å²) in [7, 11) is 0. The van der Waals surface area contributed by atoms with Gasteiger partial charge in [0.25, 0.3) is 5.91 Å². The van der Waals surface area contributed by atoms with E-state index >= 15 is 0 Å². The van der Waals surface area contributed by atoms with E-state index in [0.29, 0.717) is 24.0 Å². The van der Waals surface area contributed by atoms with Crippen molar-refractivity contribution in [2.45, 2.75) is 12.8 Å². The molecule has 2 rings (SSSR count). The molecular weight excluding hydrogens is 246 g/mol. The average Bonchev–Trinajstić information content (AvgIpc) is 2.97. The van der Waals surface area contributed by atoms with Crippen molar-refractivity contribution >= 4 is 28.8 Å². The first-order valence-electron chi connectivity index (χ1n) is 4.92. The Bertz CT molecular complexity index is 436. The van der Waals surface area contributed by atoms with E-state index in [0.717, 1.165) is 11.3 Å². The van der Waals surface area contributed by atoms with Crippen LogP contribution < -0.4 is 0 Å². The summed E-state index contributed by atoms with van der Waals surface area (Å²) < 4.78 is 0.274. The molecule has 84 valence electrons. The van der Waals surface area contributed by atoms with Gasteiger partial charge in [0.1, 0.15) is 0 Å². The summed E-state index contributed by atoms with van der Waals surface area (Å²) in [6, 6.07) is 0. The summed E-state index contributed by atoms with van der Waals surface area (Å²) in [4.78, 5) is 13.6. The SMILES string of the molecule is C#CCN(CC1CC1)C(=O)c1nnc(Cl)s1. The molecule has 1 aliphatic carbocycles. The molecular formula is C10H10ClN3OS. The van der Waals surface area contributed by atoms with Crippen LogP contribution in [0, 0.1) is 18.3 Å². The number of nitrogens with zero attached hydrogens (tertiary/aromatic N) is 3. The zero-order valence-corrected chi connectivity index (χ0v) is 10.1. The molecule has 0 radical (unpaired) electrons. The molecule has 0 spiro atoms. The molecule has 0 N–H and O–H groups in total. The van der Waals surface area contributed by atoms with Gasteiger partial charge >= 0.3 is 0 Å². The van der Waals surface area contributed by atoms with Gasteiger partial charge in [0.2, 0.25) is 9.47 Å². The van der Waals surface area contributed by atoms with Crippen molar-refractivity contribution in [3.8, 4) is 12.3 Å². The van der Waals surface area contributed by atoms with Gasteiger partial charge in [-0.3, -0.25) is 4.79 Å². The first-order valence-corrected chi connectivity index (χ1v) is 6.12. The molecule has 0 atom stereocenters. The van der Waals surface area contributed by atoms with Crippen LogP contribution >= 0.6 is 22.9 Å². The maximum absolute atomic E-state index is 12.0. The Balaban J connectivity index is 2.06. The topological polar surface area (TPSA) is 46.1 Å². The smallest absolute Gasteiger partial charge is 0.285 e. The predicted octanol–water partition coefficient (Wildman–Crippen LogP) is 1.68. The van der Waals surface area contributed by atoms with Crippen molar-refractivity contribution in [2.24, 2.45) is 5.92 Å². The quantitative estimate of drug-likeness (QED) is 0.769. The number of aromatic nitrogens is 2. The molecule has 1 aromatic rings. The normalized spacial score (nSPS) is 14.5. The van der Waals surface area contributed by atoms with E-state index < -0.39 is 0 Å². The Morgan fingerprint density at radius 3 is 2.88 bits per heavy atom. The van der Waals surface area contributed by atoms with Crippen LogP contribution in [-0.4, -0.2) is 34.1 Å². The van der Waals surface area contributed by atoms with Gasteiger partial charge in [-0.1, -0.05) is 17.3 Å². The Hall–Kier alpha value is -1.12. The summed E-state index contributed by atoms with van der Waals surface area (Å²) in [5, 5.41) is 7.64. The Kier molecular flexibility index (Phi) is 3.42.